The van der Waals surface area contributed by atoms with Crippen molar-refractivity contribution in [2.75, 3.05) is 27.3 Å². The average molecular weight is 280 g/mol. The van der Waals surface area contributed by atoms with Crippen molar-refractivity contribution in [2.45, 2.75) is 18.8 Å². The first-order valence-corrected chi connectivity index (χ1v) is 6.50. The molecule has 0 atom stereocenters. The van der Waals surface area contributed by atoms with Crippen LogP contribution in [0.1, 0.15) is 12.0 Å². The molecule has 110 valence electrons. The molecule has 0 unspecified atom stereocenters. The van der Waals surface area contributed by atoms with Crippen LogP contribution in [0.25, 0.3) is 0 Å². The molecule has 20 heavy (non-hydrogen) atoms. The standard InChI is InChI=1S/C14H20N2O4/c1-18-14(19-2)8-9-16(11-14)15-13(17)20-10-12-6-4-3-5-7-12/h3-7H,8-11H2,1-2H3,(H,15,17). The van der Waals surface area contributed by atoms with E-state index in [1.807, 2.05) is 30.3 Å². The van der Waals surface area contributed by atoms with Crippen molar-refractivity contribution in [2.24, 2.45) is 0 Å². The lowest BCUT2D eigenvalue weighted by atomic mass is 10.2. The van der Waals surface area contributed by atoms with Crippen molar-refractivity contribution >= 4 is 6.09 Å². The van der Waals surface area contributed by atoms with Gasteiger partial charge in [0.15, 0.2) is 5.79 Å². The summed E-state index contributed by atoms with van der Waals surface area (Å²) in [5, 5.41) is 1.74. The normalized spacial score (nSPS) is 17.9. The quantitative estimate of drug-likeness (QED) is 0.829. The Labute approximate surface area is 118 Å². The van der Waals surface area contributed by atoms with E-state index in [2.05, 4.69) is 5.43 Å². The van der Waals surface area contributed by atoms with Crippen LogP contribution in [0.4, 0.5) is 4.79 Å². The summed E-state index contributed by atoms with van der Waals surface area (Å²) in [7, 11) is 3.20. The molecule has 1 aromatic rings. The Bertz CT molecular complexity index is 434. The molecule has 1 amide bonds. The smallest absolute Gasteiger partial charge is 0.422 e. The number of hydrazine groups is 1. The van der Waals surface area contributed by atoms with Gasteiger partial charge in [-0.1, -0.05) is 30.3 Å². The molecular weight excluding hydrogens is 260 g/mol. The van der Waals surface area contributed by atoms with Gasteiger partial charge < -0.3 is 14.2 Å². The Morgan fingerprint density at radius 2 is 2.00 bits per heavy atom. The molecule has 0 bridgehead atoms. The van der Waals surface area contributed by atoms with Gasteiger partial charge in [-0.3, -0.25) is 5.43 Å². The summed E-state index contributed by atoms with van der Waals surface area (Å²) in [4.78, 5) is 11.7. The monoisotopic (exact) mass is 280 g/mol. The van der Waals surface area contributed by atoms with Crippen LogP contribution in [-0.4, -0.2) is 44.2 Å². The molecule has 1 N–H and O–H groups in total. The van der Waals surface area contributed by atoms with E-state index in [1.165, 1.54) is 0 Å². The Hall–Kier alpha value is -1.63. The SMILES string of the molecule is COC1(OC)CCN(NC(=O)OCc2ccccc2)C1. The molecular formula is C14H20N2O4. The minimum atomic E-state index is -0.646. The van der Waals surface area contributed by atoms with Crippen LogP contribution in [0.15, 0.2) is 30.3 Å². The average Bonchev–Trinajstić information content (AvgIpc) is 2.90. The summed E-state index contributed by atoms with van der Waals surface area (Å²) in [6.07, 6.45) is 0.218. The molecule has 0 radical (unpaired) electrons. The summed E-state index contributed by atoms with van der Waals surface area (Å²) in [5.41, 5.74) is 3.64. The van der Waals surface area contributed by atoms with Crippen molar-refractivity contribution in [3.8, 4) is 0 Å². The predicted molar refractivity (Wildman–Crippen MR) is 72.7 cm³/mol. The van der Waals surface area contributed by atoms with Gasteiger partial charge in [-0.15, -0.1) is 0 Å². The second-order valence-corrected chi connectivity index (χ2v) is 4.66. The number of hydrogen-bond donors (Lipinski definition) is 1. The molecule has 0 spiro atoms. The third-order valence-corrected chi connectivity index (χ3v) is 3.40. The second-order valence-electron chi connectivity index (χ2n) is 4.66. The number of nitrogens with zero attached hydrogens (tertiary/aromatic N) is 1. The summed E-state index contributed by atoms with van der Waals surface area (Å²) < 4.78 is 15.8. The highest BCUT2D eigenvalue weighted by Gasteiger charge is 2.39. The lowest BCUT2D eigenvalue weighted by molar-refractivity contribution is -0.196. The summed E-state index contributed by atoms with van der Waals surface area (Å²) in [6.45, 7) is 1.38. The van der Waals surface area contributed by atoms with Crippen LogP contribution in [0, 0.1) is 0 Å². The highest BCUT2D eigenvalue weighted by molar-refractivity contribution is 5.66. The maximum absolute atomic E-state index is 11.7. The van der Waals surface area contributed by atoms with Gasteiger partial charge in [0.1, 0.15) is 6.61 Å². The van der Waals surface area contributed by atoms with Crippen LogP contribution in [0.2, 0.25) is 0 Å². The number of carbonyl (C=O) groups excluding carboxylic acids is 1. The fourth-order valence-electron chi connectivity index (χ4n) is 2.15. The Morgan fingerprint density at radius 1 is 1.30 bits per heavy atom. The van der Waals surface area contributed by atoms with Crippen LogP contribution >= 0.6 is 0 Å². The summed E-state index contributed by atoms with van der Waals surface area (Å²) in [5.74, 6) is -0.646. The number of hydrogen-bond acceptors (Lipinski definition) is 5. The molecule has 6 heteroatoms. The molecule has 1 saturated heterocycles. The zero-order chi connectivity index (χ0) is 14.4. The number of carbonyl (C=O) groups is 1. The van der Waals surface area contributed by atoms with E-state index in [0.29, 0.717) is 19.5 Å². The molecule has 1 fully saturated rings. The fourth-order valence-corrected chi connectivity index (χ4v) is 2.15. The first kappa shape index (κ1) is 14.8. The number of amides is 1. The minimum absolute atomic E-state index is 0.250. The van der Waals surface area contributed by atoms with Gasteiger partial charge >= 0.3 is 6.09 Å². The van der Waals surface area contributed by atoms with Crippen LogP contribution in [0.3, 0.4) is 0 Å². The molecule has 6 nitrogen and oxygen atoms in total. The van der Waals surface area contributed by atoms with Gasteiger partial charge in [-0.05, 0) is 5.56 Å². The van der Waals surface area contributed by atoms with Gasteiger partial charge in [0.25, 0.3) is 0 Å². The maximum Gasteiger partial charge on any atom is 0.422 e. The lowest BCUT2D eigenvalue weighted by Crippen LogP contribution is -2.45. The molecule has 1 aromatic carbocycles. The van der Waals surface area contributed by atoms with Gasteiger partial charge in [0.2, 0.25) is 0 Å². The van der Waals surface area contributed by atoms with E-state index in [9.17, 15) is 4.79 Å². The van der Waals surface area contributed by atoms with Crippen molar-refractivity contribution in [1.29, 1.82) is 0 Å². The zero-order valence-electron chi connectivity index (χ0n) is 11.8. The van der Waals surface area contributed by atoms with E-state index in [4.69, 9.17) is 14.2 Å². The lowest BCUT2D eigenvalue weighted by Gasteiger charge is -2.26. The first-order valence-electron chi connectivity index (χ1n) is 6.50. The topological polar surface area (TPSA) is 60.0 Å². The molecule has 0 saturated carbocycles. The van der Waals surface area contributed by atoms with Crippen molar-refractivity contribution in [3.63, 3.8) is 0 Å². The van der Waals surface area contributed by atoms with Crippen LogP contribution in [0.5, 0.6) is 0 Å². The Kier molecular flexibility index (Phi) is 4.94. The van der Waals surface area contributed by atoms with Crippen molar-refractivity contribution in [3.05, 3.63) is 35.9 Å². The van der Waals surface area contributed by atoms with Gasteiger partial charge in [0, 0.05) is 27.2 Å². The molecule has 1 aliphatic heterocycles. The van der Waals surface area contributed by atoms with Gasteiger partial charge in [-0.25, -0.2) is 9.80 Å². The van der Waals surface area contributed by atoms with E-state index in [-0.39, 0.29) is 6.61 Å². The molecule has 2 rings (SSSR count). The zero-order valence-corrected chi connectivity index (χ0v) is 11.8. The molecule has 1 heterocycles. The van der Waals surface area contributed by atoms with Crippen LogP contribution in [-0.2, 0) is 20.8 Å². The van der Waals surface area contributed by atoms with Crippen LogP contribution < -0.4 is 5.43 Å². The second kappa shape index (κ2) is 6.69. The van der Waals surface area contributed by atoms with E-state index >= 15 is 0 Å². The summed E-state index contributed by atoms with van der Waals surface area (Å²) >= 11 is 0. The van der Waals surface area contributed by atoms with Crippen molar-refractivity contribution in [1.82, 2.24) is 10.4 Å². The minimum Gasteiger partial charge on any atom is -0.444 e. The van der Waals surface area contributed by atoms with Gasteiger partial charge in [0.05, 0.1) is 6.54 Å². The van der Waals surface area contributed by atoms with Gasteiger partial charge in [-0.2, -0.15) is 0 Å². The van der Waals surface area contributed by atoms with E-state index < -0.39 is 11.9 Å². The highest BCUT2D eigenvalue weighted by Crippen LogP contribution is 2.23. The van der Waals surface area contributed by atoms with E-state index in [0.717, 1.165) is 5.56 Å². The van der Waals surface area contributed by atoms with E-state index in [1.54, 1.807) is 19.2 Å². The largest absolute Gasteiger partial charge is 0.444 e. The fraction of sp³-hybridized carbons (Fsp3) is 0.500. The number of rotatable bonds is 5. The maximum atomic E-state index is 11.7. The molecule has 1 aliphatic rings. The predicted octanol–water partition coefficient (Wildman–Crippen LogP) is 1.52. The number of ether oxygens (including phenoxy) is 3. The third kappa shape index (κ3) is 3.69. The number of nitrogens with one attached hydrogen (secondary N) is 1. The van der Waals surface area contributed by atoms with Crippen molar-refractivity contribution < 1.29 is 19.0 Å². The number of methoxy groups -OCH3 is 2. The Morgan fingerprint density at radius 3 is 2.60 bits per heavy atom. The first-order chi connectivity index (χ1) is 9.67. The molecule has 0 aromatic heterocycles. The number of benzene rings is 1. The highest BCUT2D eigenvalue weighted by atomic mass is 16.7. The molecule has 0 aliphatic carbocycles. The Balaban J connectivity index is 1.76. The summed E-state index contributed by atoms with van der Waals surface area (Å²) in [6, 6.07) is 9.54. The third-order valence-electron chi connectivity index (χ3n) is 3.40.